The highest BCUT2D eigenvalue weighted by Crippen LogP contribution is 2.21. The van der Waals surface area contributed by atoms with Gasteiger partial charge in [0.25, 0.3) is 0 Å². The van der Waals surface area contributed by atoms with Crippen molar-refractivity contribution < 1.29 is 0 Å². The van der Waals surface area contributed by atoms with Crippen LogP contribution in [0.2, 0.25) is 5.02 Å². The Labute approximate surface area is 87.3 Å². The zero-order valence-corrected chi connectivity index (χ0v) is 8.78. The van der Waals surface area contributed by atoms with Gasteiger partial charge in [-0.2, -0.15) is 5.10 Å². The molecule has 0 aromatic carbocycles. The first kappa shape index (κ1) is 9.21. The van der Waals surface area contributed by atoms with Gasteiger partial charge in [0.2, 0.25) is 0 Å². The van der Waals surface area contributed by atoms with Crippen LogP contribution in [0.4, 0.5) is 0 Å². The summed E-state index contributed by atoms with van der Waals surface area (Å²) in [5.74, 6) is 0. The Balaban J connectivity index is 2.57. The van der Waals surface area contributed by atoms with Gasteiger partial charge in [0.15, 0.2) is 0 Å². The third kappa shape index (κ3) is 1.51. The Morgan fingerprint density at radius 1 is 1.29 bits per heavy atom. The normalized spacial score (nSPS) is 10.5. The molecule has 0 aliphatic rings. The monoisotopic (exact) mass is 207 g/mol. The van der Waals surface area contributed by atoms with Crippen LogP contribution in [0.3, 0.4) is 0 Å². The van der Waals surface area contributed by atoms with Crippen molar-refractivity contribution in [2.45, 2.75) is 13.8 Å². The van der Waals surface area contributed by atoms with Gasteiger partial charge in [0.1, 0.15) is 0 Å². The highest BCUT2D eigenvalue weighted by Gasteiger charge is 2.06. The zero-order valence-electron chi connectivity index (χ0n) is 8.03. The summed E-state index contributed by atoms with van der Waals surface area (Å²) in [6.45, 7) is 3.82. The zero-order chi connectivity index (χ0) is 10.1. The first-order valence-electron chi connectivity index (χ1n) is 4.32. The van der Waals surface area contributed by atoms with Gasteiger partial charge < -0.3 is 0 Å². The molecule has 2 heterocycles. The number of rotatable bonds is 1. The number of aryl methyl sites for hydroxylation is 2. The number of aromatic nitrogens is 3. The van der Waals surface area contributed by atoms with Crippen molar-refractivity contribution in [3.8, 4) is 5.69 Å². The molecule has 3 nitrogen and oxygen atoms in total. The average Bonchev–Trinajstić information content (AvgIpc) is 2.57. The van der Waals surface area contributed by atoms with E-state index in [0.717, 1.165) is 17.1 Å². The number of pyridine rings is 1. The molecule has 2 rings (SSSR count). The number of hydrogen-bond donors (Lipinski definition) is 0. The minimum atomic E-state index is 0.649. The molecule has 0 atom stereocenters. The molecule has 0 spiro atoms. The van der Waals surface area contributed by atoms with E-state index >= 15 is 0 Å². The van der Waals surface area contributed by atoms with Gasteiger partial charge in [-0.05, 0) is 26.0 Å². The predicted molar refractivity (Wildman–Crippen MR) is 55.8 cm³/mol. The summed E-state index contributed by atoms with van der Waals surface area (Å²) in [7, 11) is 0. The van der Waals surface area contributed by atoms with E-state index in [4.69, 9.17) is 11.6 Å². The molecule has 14 heavy (non-hydrogen) atoms. The van der Waals surface area contributed by atoms with Crippen LogP contribution in [0.25, 0.3) is 5.69 Å². The van der Waals surface area contributed by atoms with Crippen molar-refractivity contribution in [3.05, 3.63) is 40.9 Å². The van der Waals surface area contributed by atoms with E-state index in [-0.39, 0.29) is 0 Å². The molecule has 0 fully saturated rings. The number of nitrogens with zero attached hydrogens (tertiary/aromatic N) is 3. The molecule has 0 aliphatic heterocycles. The van der Waals surface area contributed by atoms with E-state index in [9.17, 15) is 0 Å². The number of halogens is 1. The Morgan fingerprint density at radius 2 is 2.07 bits per heavy atom. The van der Waals surface area contributed by atoms with Gasteiger partial charge in [-0.1, -0.05) is 11.6 Å². The van der Waals surface area contributed by atoms with E-state index in [2.05, 4.69) is 10.1 Å². The Bertz CT molecular complexity index is 462. The second-order valence-electron chi connectivity index (χ2n) is 3.13. The SMILES string of the molecule is Cc1ccn(-c2ccnc(C)c2Cl)n1. The quantitative estimate of drug-likeness (QED) is 0.720. The van der Waals surface area contributed by atoms with E-state index in [1.807, 2.05) is 32.2 Å². The fourth-order valence-corrected chi connectivity index (χ4v) is 1.46. The molecule has 0 saturated heterocycles. The highest BCUT2D eigenvalue weighted by molar-refractivity contribution is 6.32. The van der Waals surface area contributed by atoms with Gasteiger partial charge in [0, 0.05) is 12.4 Å². The van der Waals surface area contributed by atoms with E-state index < -0.39 is 0 Å². The van der Waals surface area contributed by atoms with Crippen molar-refractivity contribution in [2.75, 3.05) is 0 Å². The van der Waals surface area contributed by atoms with Gasteiger partial charge in [-0.15, -0.1) is 0 Å². The molecule has 2 aromatic heterocycles. The minimum absolute atomic E-state index is 0.649. The minimum Gasteiger partial charge on any atom is -0.260 e. The maximum absolute atomic E-state index is 6.11. The molecular weight excluding hydrogens is 198 g/mol. The molecule has 0 N–H and O–H groups in total. The maximum Gasteiger partial charge on any atom is 0.0875 e. The Kier molecular flexibility index (Phi) is 2.25. The van der Waals surface area contributed by atoms with Crippen molar-refractivity contribution in [3.63, 3.8) is 0 Å². The number of hydrogen-bond acceptors (Lipinski definition) is 2. The molecule has 0 saturated carbocycles. The largest absolute Gasteiger partial charge is 0.260 e. The van der Waals surface area contributed by atoms with E-state index in [1.54, 1.807) is 10.9 Å². The van der Waals surface area contributed by atoms with Crippen LogP contribution in [0, 0.1) is 13.8 Å². The summed E-state index contributed by atoms with van der Waals surface area (Å²) in [5, 5.41) is 4.94. The van der Waals surface area contributed by atoms with Crippen molar-refractivity contribution >= 4 is 11.6 Å². The van der Waals surface area contributed by atoms with Gasteiger partial charge >= 0.3 is 0 Å². The van der Waals surface area contributed by atoms with Crippen LogP contribution in [0.1, 0.15) is 11.4 Å². The van der Waals surface area contributed by atoms with Gasteiger partial charge in [-0.3, -0.25) is 4.98 Å². The van der Waals surface area contributed by atoms with Crippen LogP contribution in [-0.4, -0.2) is 14.8 Å². The van der Waals surface area contributed by atoms with Crippen molar-refractivity contribution in [1.82, 2.24) is 14.8 Å². The molecule has 72 valence electrons. The predicted octanol–water partition coefficient (Wildman–Crippen LogP) is 2.54. The Morgan fingerprint density at radius 3 is 2.71 bits per heavy atom. The highest BCUT2D eigenvalue weighted by atomic mass is 35.5. The van der Waals surface area contributed by atoms with Crippen molar-refractivity contribution in [2.24, 2.45) is 0 Å². The summed E-state index contributed by atoms with van der Waals surface area (Å²) in [6.07, 6.45) is 3.61. The lowest BCUT2D eigenvalue weighted by Crippen LogP contribution is -1.98. The lowest BCUT2D eigenvalue weighted by atomic mass is 10.3. The molecule has 4 heteroatoms. The van der Waals surface area contributed by atoms with Crippen LogP contribution in [-0.2, 0) is 0 Å². The molecule has 2 aromatic rings. The molecule has 0 unspecified atom stereocenters. The van der Waals surface area contributed by atoms with Crippen LogP contribution >= 0.6 is 11.6 Å². The van der Waals surface area contributed by atoms with Crippen LogP contribution < -0.4 is 0 Å². The second kappa shape index (κ2) is 3.42. The maximum atomic E-state index is 6.11. The molecule has 0 radical (unpaired) electrons. The molecular formula is C10H10ClN3. The van der Waals surface area contributed by atoms with Crippen molar-refractivity contribution in [1.29, 1.82) is 0 Å². The van der Waals surface area contributed by atoms with E-state index in [1.165, 1.54) is 0 Å². The fraction of sp³-hybridized carbons (Fsp3) is 0.200. The first-order chi connectivity index (χ1) is 6.68. The van der Waals surface area contributed by atoms with Crippen LogP contribution in [0.5, 0.6) is 0 Å². The summed E-state index contributed by atoms with van der Waals surface area (Å²) < 4.78 is 1.76. The first-order valence-corrected chi connectivity index (χ1v) is 4.70. The van der Waals surface area contributed by atoms with E-state index in [0.29, 0.717) is 5.02 Å². The second-order valence-corrected chi connectivity index (χ2v) is 3.51. The summed E-state index contributed by atoms with van der Waals surface area (Å²) in [5.41, 5.74) is 2.65. The summed E-state index contributed by atoms with van der Waals surface area (Å²) in [4.78, 5) is 4.10. The lowest BCUT2D eigenvalue weighted by molar-refractivity contribution is 0.858. The fourth-order valence-electron chi connectivity index (χ4n) is 1.26. The smallest absolute Gasteiger partial charge is 0.0875 e. The van der Waals surface area contributed by atoms with Gasteiger partial charge in [0.05, 0.1) is 22.1 Å². The summed E-state index contributed by atoms with van der Waals surface area (Å²) >= 11 is 6.11. The topological polar surface area (TPSA) is 30.7 Å². The summed E-state index contributed by atoms with van der Waals surface area (Å²) in [6, 6.07) is 3.79. The third-order valence-electron chi connectivity index (χ3n) is 2.01. The van der Waals surface area contributed by atoms with Crippen LogP contribution in [0.15, 0.2) is 24.5 Å². The third-order valence-corrected chi connectivity index (χ3v) is 2.48. The Hall–Kier alpha value is -1.35. The molecule has 0 bridgehead atoms. The lowest BCUT2D eigenvalue weighted by Gasteiger charge is -2.05. The average molecular weight is 208 g/mol. The molecule has 0 amide bonds. The standard InChI is InChI=1S/C10H10ClN3/c1-7-4-6-14(13-7)9-3-5-12-8(2)10(9)11/h3-6H,1-2H3. The molecule has 0 aliphatic carbocycles. The van der Waals surface area contributed by atoms with Gasteiger partial charge in [-0.25, -0.2) is 4.68 Å².